The Morgan fingerprint density at radius 2 is 1.85 bits per heavy atom. The number of rotatable bonds is 9. The van der Waals surface area contributed by atoms with E-state index in [1.165, 1.54) is 32.1 Å². The predicted octanol–water partition coefficient (Wildman–Crippen LogP) is 5.31. The molecule has 0 bridgehead atoms. The van der Waals surface area contributed by atoms with Crippen molar-refractivity contribution in [2.45, 2.75) is 45.4 Å². The van der Waals surface area contributed by atoms with Crippen LogP contribution >= 0.6 is 28.3 Å². The first-order valence-corrected chi connectivity index (χ1v) is 7.60. The molecule has 1 aromatic rings. The summed E-state index contributed by atoms with van der Waals surface area (Å²) in [4.78, 5) is 10.8. The van der Waals surface area contributed by atoms with Crippen molar-refractivity contribution in [1.29, 1.82) is 0 Å². The van der Waals surface area contributed by atoms with Crippen LogP contribution in [0.15, 0.2) is 22.7 Å². The molecule has 1 aromatic carbocycles. The fraction of sp³-hybridized carbons (Fsp3) is 0.533. The molecule has 0 saturated carbocycles. The Bertz CT molecular complexity index is 410. The molecular formula is C15H22BrClO3. The summed E-state index contributed by atoms with van der Waals surface area (Å²) in [6.45, 7) is 2.89. The second kappa shape index (κ2) is 11.0. The van der Waals surface area contributed by atoms with Gasteiger partial charge in [-0.15, -0.1) is 12.4 Å². The van der Waals surface area contributed by atoms with Crippen molar-refractivity contribution in [2.75, 3.05) is 6.61 Å². The van der Waals surface area contributed by atoms with Gasteiger partial charge in [0.15, 0.2) is 0 Å². The number of benzene rings is 1. The maximum Gasteiger partial charge on any atom is 0.335 e. The molecule has 3 nitrogen and oxygen atoms in total. The molecule has 0 radical (unpaired) electrons. The van der Waals surface area contributed by atoms with E-state index in [9.17, 15) is 4.79 Å². The average molecular weight is 366 g/mol. The normalized spacial score (nSPS) is 9.90. The van der Waals surface area contributed by atoms with Crippen LogP contribution in [0.1, 0.15) is 55.8 Å². The summed E-state index contributed by atoms with van der Waals surface area (Å²) in [5.41, 5.74) is 0.263. The summed E-state index contributed by atoms with van der Waals surface area (Å²) in [5.74, 6) is -0.221. The summed E-state index contributed by atoms with van der Waals surface area (Å²) in [5, 5.41) is 8.86. The molecule has 0 aliphatic rings. The Morgan fingerprint density at radius 3 is 2.45 bits per heavy atom. The highest BCUT2D eigenvalue weighted by Crippen LogP contribution is 2.26. The van der Waals surface area contributed by atoms with Gasteiger partial charge in [0.25, 0.3) is 0 Å². The van der Waals surface area contributed by atoms with Gasteiger partial charge in [-0.05, 0) is 40.5 Å². The number of unbranched alkanes of at least 4 members (excludes halogenated alkanes) is 5. The van der Waals surface area contributed by atoms with E-state index < -0.39 is 5.97 Å². The number of carboxylic acids is 1. The van der Waals surface area contributed by atoms with Crippen LogP contribution in [0.3, 0.4) is 0 Å². The third-order valence-electron chi connectivity index (χ3n) is 2.93. The van der Waals surface area contributed by atoms with Crippen molar-refractivity contribution < 1.29 is 14.6 Å². The molecule has 0 heterocycles. The summed E-state index contributed by atoms with van der Waals surface area (Å²) in [6, 6.07) is 4.83. The molecule has 0 aliphatic carbocycles. The molecule has 1 rings (SSSR count). The lowest BCUT2D eigenvalue weighted by Crippen LogP contribution is -2.00. The van der Waals surface area contributed by atoms with Crippen LogP contribution in [0.5, 0.6) is 5.75 Å². The number of aromatic carboxylic acids is 1. The molecule has 114 valence electrons. The van der Waals surface area contributed by atoms with Gasteiger partial charge in [-0.3, -0.25) is 0 Å². The first kappa shape index (κ1) is 19.3. The van der Waals surface area contributed by atoms with Crippen molar-refractivity contribution >= 4 is 34.3 Å². The summed E-state index contributed by atoms with van der Waals surface area (Å²) >= 11 is 3.33. The van der Waals surface area contributed by atoms with Gasteiger partial charge in [0.2, 0.25) is 0 Å². The van der Waals surface area contributed by atoms with E-state index in [0.717, 1.165) is 6.42 Å². The van der Waals surface area contributed by atoms with E-state index in [4.69, 9.17) is 9.84 Å². The average Bonchev–Trinajstić information content (AvgIpc) is 2.39. The van der Waals surface area contributed by atoms with E-state index in [-0.39, 0.29) is 18.0 Å². The quantitative estimate of drug-likeness (QED) is 0.603. The van der Waals surface area contributed by atoms with Gasteiger partial charge in [-0.1, -0.05) is 39.0 Å². The van der Waals surface area contributed by atoms with Crippen molar-refractivity contribution in [1.82, 2.24) is 0 Å². The number of carboxylic acid groups (broad SMARTS) is 1. The highest BCUT2D eigenvalue weighted by molar-refractivity contribution is 9.10. The lowest BCUT2D eigenvalue weighted by atomic mass is 10.1. The van der Waals surface area contributed by atoms with Gasteiger partial charge in [-0.2, -0.15) is 0 Å². The van der Waals surface area contributed by atoms with Crippen LogP contribution in [-0.4, -0.2) is 17.7 Å². The maximum atomic E-state index is 10.8. The zero-order valence-corrected chi connectivity index (χ0v) is 14.1. The van der Waals surface area contributed by atoms with Crippen LogP contribution in [0, 0.1) is 0 Å². The predicted molar refractivity (Wildman–Crippen MR) is 87.2 cm³/mol. The molecule has 1 N–H and O–H groups in total. The molecule has 0 aliphatic heterocycles. The minimum absolute atomic E-state index is 0. The van der Waals surface area contributed by atoms with Crippen molar-refractivity contribution in [3.05, 3.63) is 28.2 Å². The second-order valence-electron chi connectivity index (χ2n) is 4.57. The summed E-state index contributed by atoms with van der Waals surface area (Å²) in [7, 11) is 0. The Labute approximate surface area is 135 Å². The van der Waals surface area contributed by atoms with E-state index in [0.29, 0.717) is 16.8 Å². The van der Waals surface area contributed by atoms with Crippen LogP contribution in [0.4, 0.5) is 0 Å². The number of halogens is 2. The first-order chi connectivity index (χ1) is 9.15. The smallest absolute Gasteiger partial charge is 0.335 e. The number of hydrogen-bond donors (Lipinski definition) is 1. The SMILES string of the molecule is CCCCCCCCOc1ccc(C(=O)O)cc1Br.Cl. The van der Waals surface area contributed by atoms with Crippen LogP contribution in [-0.2, 0) is 0 Å². The van der Waals surface area contributed by atoms with Crippen molar-refractivity contribution in [3.63, 3.8) is 0 Å². The van der Waals surface area contributed by atoms with E-state index in [2.05, 4.69) is 22.9 Å². The zero-order valence-electron chi connectivity index (χ0n) is 11.7. The molecule has 0 spiro atoms. The van der Waals surface area contributed by atoms with Gasteiger partial charge in [0.1, 0.15) is 5.75 Å². The van der Waals surface area contributed by atoms with Crippen LogP contribution in [0.25, 0.3) is 0 Å². The molecule has 0 saturated heterocycles. The molecular weight excluding hydrogens is 344 g/mol. The van der Waals surface area contributed by atoms with Crippen molar-refractivity contribution in [2.24, 2.45) is 0 Å². The highest BCUT2D eigenvalue weighted by Gasteiger charge is 2.07. The van der Waals surface area contributed by atoms with Gasteiger partial charge in [-0.25, -0.2) is 4.79 Å². The van der Waals surface area contributed by atoms with Gasteiger partial charge >= 0.3 is 5.97 Å². The third-order valence-corrected chi connectivity index (χ3v) is 3.55. The van der Waals surface area contributed by atoms with Crippen LogP contribution in [0.2, 0.25) is 0 Å². The van der Waals surface area contributed by atoms with Crippen molar-refractivity contribution in [3.8, 4) is 5.75 Å². The molecule has 0 amide bonds. The molecule has 0 unspecified atom stereocenters. The zero-order chi connectivity index (χ0) is 14.1. The first-order valence-electron chi connectivity index (χ1n) is 6.80. The Morgan fingerprint density at radius 1 is 1.20 bits per heavy atom. The van der Waals surface area contributed by atoms with E-state index in [1.807, 2.05) is 0 Å². The molecule has 0 aromatic heterocycles. The number of ether oxygens (including phenoxy) is 1. The minimum Gasteiger partial charge on any atom is -0.492 e. The van der Waals surface area contributed by atoms with Gasteiger partial charge in [0.05, 0.1) is 16.6 Å². The molecule has 20 heavy (non-hydrogen) atoms. The topological polar surface area (TPSA) is 46.5 Å². The lowest BCUT2D eigenvalue weighted by Gasteiger charge is -2.08. The highest BCUT2D eigenvalue weighted by atomic mass is 79.9. The summed E-state index contributed by atoms with van der Waals surface area (Å²) < 4.78 is 6.33. The molecule has 0 atom stereocenters. The van der Waals surface area contributed by atoms with Crippen LogP contribution < -0.4 is 4.74 Å². The summed E-state index contributed by atoms with van der Waals surface area (Å²) in [6.07, 6.45) is 7.36. The molecule has 5 heteroatoms. The Balaban J connectivity index is 0.00000361. The number of carbonyl (C=O) groups is 1. The van der Waals surface area contributed by atoms with E-state index >= 15 is 0 Å². The Hall–Kier alpha value is -0.740. The third kappa shape index (κ3) is 7.15. The second-order valence-corrected chi connectivity index (χ2v) is 5.42. The van der Waals surface area contributed by atoms with E-state index in [1.54, 1.807) is 18.2 Å². The minimum atomic E-state index is -0.928. The maximum absolute atomic E-state index is 10.8. The number of hydrogen-bond acceptors (Lipinski definition) is 2. The fourth-order valence-electron chi connectivity index (χ4n) is 1.82. The monoisotopic (exact) mass is 364 g/mol. The lowest BCUT2D eigenvalue weighted by molar-refractivity contribution is 0.0697. The standard InChI is InChI=1S/C15H21BrO3.ClH/c1-2-3-4-5-6-7-10-19-14-9-8-12(15(17)18)11-13(14)16;/h8-9,11H,2-7,10H2,1H3,(H,17,18);1H. The van der Waals surface area contributed by atoms with Gasteiger partial charge in [0, 0.05) is 0 Å². The van der Waals surface area contributed by atoms with Gasteiger partial charge < -0.3 is 9.84 Å². The largest absolute Gasteiger partial charge is 0.492 e. The fourth-order valence-corrected chi connectivity index (χ4v) is 2.31. The molecule has 0 fully saturated rings. The Kier molecular flexibility index (Phi) is 10.6.